The van der Waals surface area contributed by atoms with E-state index in [2.05, 4.69) is 37.6 Å². The van der Waals surface area contributed by atoms with Crippen molar-refractivity contribution in [1.82, 2.24) is 5.16 Å². The van der Waals surface area contributed by atoms with Gasteiger partial charge in [0, 0.05) is 14.8 Å². The van der Waals surface area contributed by atoms with Gasteiger partial charge in [0.2, 0.25) is 0 Å². The fourth-order valence-corrected chi connectivity index (χ4v) is 2.86. The Balaban J connectivity index is 2.13. The van der Waals surface area contributed by atoms with Crippen molar-refractivity contribution in [3.05, 3.63) is 67.6 Å². The van der Waals surface area contributed by atoms with E-state index in [1.165, 1.54) is 12.1 Å². The molecule has 1 aromatic heterocycles. The number of halogens is 3. The largest absolute Gasteiger partial charge is 0.357 e. The van der Waals surface area contributed by atoms with Gasteiger partial charge in [0.15, 0.2) is 11.6 Å². The molecule has 1 heterocycles. The van der Waals surface area contributed by atoms with Crippen molar-refractivity contribution < 1.29 is 13.3 Å². The number of H-pyrrole nitrogens is 1. The van der Waals surface area contributed by atoms with Gasteiger partial charge in [-0.15, -0.1) is 0 Å². The molecule has 0 amide bonds. The summed E-state index contributed by atoms with van der Waals surface area (Å²) < 4.78 is 33.6. The molecule has 0 bridgehead atoms. The normalized spacial score (nSPS) is 10.8. The highest BCUT2D eigenvalue weighted by atomic mass is 127. The molecule has 0 spiro atoms. The first-order valence-corrected chi connectivity index (χ1v) is 7.73. The molecular formula is C16H11F2IN2O2. The molecule has 0 aliphatic carbocycles. The SMILES string of the molecule is Cc1cc(I)ccc1Nc1c(-c2cc(=O)o[nH]2)ccc(F)c1F. The molecule has 2 N–H and O–H groups in total. The van der Waals surface area contributed by atoms with Crippen LogP contribution in [0.4, 0.5) is 20.2 Å². The summed E-state index contributed by atoms with van der Waals surface area (Å²) in [6.07, 6.45) is 0. The average Bonchev–Trinajstić information content (AvgIpc) is 2.93. The molecule has 0 saturated carbocycles. The Hall–Kier alpha value is -2.16. The standard InChI is InChI=1S/C16H11F2IN2O2/c1-8-6-9(19)2-5-12(8)20-16-10(3-4-11(17)15(16)18)13-7-14(22)23-21-13/h2-7,20-21H,1H3. The van der Waals surface area contributed by atoms with Crippen molar-refractivity contribution in [2.75, 3.05) is 5.32 Å². The van der Waals surface area contributed by atoms with Crippen LogP contribution in [0.15, 0.2) is 45.7 Å². The summed E-state index contributed by atoms with van der Waals surface area (Å²) >= 11 is 2.17. The van der Waals surface area contributed by atoms with Crippen LogP contribution >= 0.6 is 22.6 Å². The van der Waals surface area contributed by atoms with E-state index in [-0.39, 0.29) is 11.4 Å². The van der Waals surface area contributed by atoms with Gasteiger partial charge in [-0.25, -0.2) is 18.7 Å². The van der Waals surface area contributed by atoms with Gasteiger partial charge in [-0.1, -0.05) is 0 Å². The minimum atomic E-state index is -1.03. The quantitative estimate of drug-likeness (QED) is 0.602. The summed E-state index contributed by atoms with van der Waals surface area (Å²) in [4.78, 5) is 11.2. The first-order valence-electron chi connectivity index (χ1n) is 6.66. The molecule has 0 fully saturated rings. The highest BCUT2D eigenvalue weighted by molar-refractivity contribution is 14.1. The van der Waals surface area contributed by atoms with E-state index in [0.29, 0.717) is 11.3 Å². The zero-order chi connectivity index (χ0) is 16.6. The van der Waals surface area contributed by atoms with Crippen molar-refractivity contribution in [3.63, 3.8) is 0 Å². The monoisotopic (exact) mass is 428 g/mol. The van der Waals surface area contributed by atoms with Gasteiger partial charge in [-0.3, -0.25) is 0 Å². The van der Waals surface area contributed by atoms with E-state index in [1.54, 1.807) is 6.07 Å². The summed E-state index contributed by atoms with van der Waals surface area (Å²) in [6.45, 7) is 1.86. The second-order valence-corrected chi connectivity index (χ2v) is 6.19. The third kappa shape index (κ3) is 3.14. The fourth-order valence-electron chi connectivity index (χ4n) is 2.21. The predicted molar refractivity (Wildman–Crippen MR) is 91.9 cm³/mol. The van der Waals surface area contributed by atoms with Crippen molar-refractivity contribution in [2.24, 2.45) is 0 Å². The molecule has 7 heteroatoms. The number of aromatic nitrogens is 1. The average molecular weight is 428 g/mol. The molecule has 0 aliphatic heterocycles. The Labute approximate surface area is 143 Å². The first-order chi connectivity index (χ1) is 11.0. The molecule has 118 valence electrons. The highest BCUT2D eigenvalue weighted by Crippen LogP contribution is 2.33. The Kier molecular flexibility index (Phi) is 4.20. The smallest absolute Gasteiger partial charge is 0.352 e. The molecule has 4 nitrogen and oxygen atoms in total. The van der Waals surface area contributed by atoms with Gasteiger partial charge in [-0.05, 0) is 65.4 Å². The van der Waals surface area contributed by atoms with Crippen LogP contribution < -0.4 is 10.9 Å². The Morgan fingerprint density at radius 3 is 2.61 bits per heavy atom. The van der Waals surface area contributed by atoms with Gasteiger partial charge in [0.1, 0.15) is 0 Å². The van der Waals surface area contributed by atoms with Crippen LogP contribution in [0.2, 0.25) is 0 Å². The lowest BCUT2D eigenvalue weighted by molar-refractivity contribution is 0.394. The van der Waals surface area contributed by atoms with Gasteiger partial charge in [0.25, 0.3) is 0 Å². The van der Waals surface area contributed by atoms with Gasteiger partial charge in [0.05, 0.1) is 17.4 Å². The Morgan fingerprint density at radius 1 is 1.17 bits per heavy atom. The van der Waals surface area contributed by atoms with Crippen LogP contribution in [0, 0.1) is 22.1 Å². The molecular weight excluding hydrogens is 417 g/mol. The summed E-state index contributed by atoms with van der Waals surface area (Å²) in [6, 6.07) is 9.11. The number of hydrogen-bond donors (Lipinski definition) is 2. The highest BCUT2D eigenvalue weighted by Gasteiger charge is 2.17. The molecule has 0 saturated heterocycles. The summed E-state index contributed by atoms with van der Waals surface area (Å²) in [5, 5.41) is 5.30. The van der Waals surface area contributed by atoms with Crippen molar-refractivity contribution >= 4 is 34.0 Å². The molecule has 0 unspecified atom stereocenters. The van der Waals surface area contributed by atoms with Crippen LogP contribution in [0.25, 0.3) is 11.3 Å². The van der Waals surface area contributed by atoms with Crippen LogP contribution in [0.3, 0.4) is 0 Å². The van der Waals surface area contributed by atoms with Crippen LogP contribution in [0.5, 0.6) is 0 Å². The second-order valence-electron chi connectivity index (χ2n) is 4.95. The number of hydrogen-bond acceptors (Lipinski definition) is 3. The number of benzene rings is 2. The van der Waals surface area contributed by atoms with E-state index in [4.69, 9.17) is 0 Å². The van der Waals surface area contributed by atoms with Crippen molar-refractivity contribution in [2.45, 2.75) is 6.92 Å². The molecule has 3 rings (SSSR count). The number of aryl methyl sites for hydroxylation is 1. The maximum Gasteiger partial charge on any atom is 0.357 e. The minimum absolute atomic E-state index is 0.0636. The summed E-state index contributed by atoms with van der Waals surface area (Å²) in [5.41, 5.74) is 1.42. The maximum absolute atomic E-state index is 14.3. The topological polar surface area (TPSA) is 58.0 Å². The van der Waals surface area contributed by atoms with Gasteiger partial charge >= 0.3 is 5.63 Å². The first kappa shape index (κ1) is 15.7. The second kappa shape index (κ2) is 6.15. The van der Waals surface area contributed by atoms with Crippen LogP contribution in [-0.2, 0) is 0 Å². The van der Waals surface area contributed by atoms with Gasteiger partial charge < -0.3 is 9.84 Å². The lowest BCUT2D eigenvalue weighted by atomic mass is 10.1. The van der Waals surface area contributed by atoms with E-state index in [9.17, 15) is 13.6 Å². The maximum atomic E-state index is 14.3. The lowest BCUT2D eigenvalue weighted by Gasteiger charge is -2.14. The van der Waals surface area contributed by atoms with Crippen molar-refractivity contribution in [3.8, 4) is 11.3 Å². The molecule has 3 aromatic rings. The van der Waals surface area contributed by atoms with Gasteiger partial charge in [-0.2, -0.15) is 0 Å². The number of anilines is 2. The summed E-state index contributed by atoms with van der Waals surface area (Å²) in [5.74, 6) is -2.01. The molecule has 0 atom stereocenters. The lowest BCUT2D eigenvalue weighted by Crippen LogP contribution is -2.01. The summed E-state index contributed by atoms with van der Waals surface area (Å²) in [7, 11) is 0. The molecule has 0 aliphatic rings. The van der Waals surface area contributed by atoms with E-state index in [1.807, 2.05) is 19.1 Å². The number of aromatic amines is 1. The number of nitrogens with one attached hydrogen (secondary N) is 2. The Morgan fingerprint density at radius 2 is 1.96 bits per heavy atom. The predicted octanol–water partition coefficient (Wildman–Crippen LogP) is 4.57. The molecule has 23 heavy (non-hydrogen) atoms. The minimum Gasteiger partial charge on any atom is -0.352 e. The fraction of sp³-hybridized carbons (Fsp3) is 0.0625. The van der Waals surface area contributed by atoms with E-state index < -0.39 is 17.3 Å². The Bertz CT molecular complexity index is 934. The van der Waals surface area contributed by atoms with E-state index >= 15 is 0 Å². The van der Waals surface area contributed by atoms with E-state index in [0.717, 1.165) is 15.2 Å². The zero-order valence-electron chi connectivity index (χ0n) is 11.9. The zero-order valence-corrected chi connectivity index (χ0v) is 14.1. The third-order valence-electron chi connectivity index (χ3n) is 3.36. The third-order valence-corrected chi connectivity index (χ3v) is 4.03. The molecule has 2 aromatic carbocycles. The van der Waals surface area contributed by atoms with Crippen LogP contribution in [-0.4, -0.2) is 5.16 Å². The van der Waals surface area contributed by atoms with Crippen molar-refractivity contribution in [1.29, 1.82) is 0 Å². The number of rotatable bonds is 3. The van der Waals surface area contributed by atoms with Crippen LogP contribution in [0.1, 0.15) is 5.56 Å². The molecule has 0 radical (unpaired) electrons.